The van der Waals surface area contributed by atoms with E-state index in [0.717, 1.165) is 13.1 Å². The third-order valence-corrected chi connectivity index (χ3v) is 3.23. The van der Waals surface area contributed by atoms with Crippen LogP contribution in [0.3, 0.4) is 0 Å². The number of para-hydroxylation sites is 1. The van der Waals surface area contributed by atoms with Crippen molar-refractivity contribution in [3.63, 3.8) is 0 Å². The first-order valence-corrected chi connectivity index (χ1v) is 6.98. The molecule has 1 aromatic carbocycles. The molecule has 0 bridgehead atoms. The number of rotatable bonds is 5. The van der Waals surface area contributed by atoms with E-state index in [9.17, 15) is 9.50 Å². The molecule has 1 saturated heterocycles. The molecule has 1 aliphatic heterocycles. The first-order chi connectivity index (χ1) is 9.54. The average molecular weight is 283 g/mol. The van der Waals surface area contributed by atoms with Crippen LogP contribution in [-0.4, -0.2) is 54.6 Å². The third-order valence-electron chi connectivity index (χ3n) is 3.23. The summed E-state index contributed by atoms with van der Waals surface area (Å²) in [6.07, 6.45) is -0.316. The van der Waals surface area contributed by atoms with Gasteiger partial charge in [0.05, 0.1) is 12.2 Å². The van der Waals surface area contributed by atoms with Crippen LogP contribution >= 0.6 is 0 Å². The fraction of sp³-hybridized carbons (Fsp3) is 0.600. The van der Waals surface area contributed by atoms with Crippen LogP contribution in [0.15, 0.2) is 24.3 Å². The number of benzene rings is 1. The Balaban J connectivity index is 1.78. The number of nitrogens with zero attached hydrogens (tertiary/aromatic N) is 1. The molecule has 112 valence electrons. The number of ether oxygens (including phenoxy) is 2. The predicted molar refractivity (Wildman–Crippen MR) is 74.4 cm³/mol. The van der Waals surface area contributed by atoms with Crippen LogP contribution in [0.1, 0.15) is 13.8 Å². The van der Waals surface area contributed by atoms with E-state index >= 15 is 0 Å². The lowest BCUT2D eigenvalue weighted by atomic mass is 10.2. The fourth-order valence-electron chi connectivity index (χ4n) is 2.53. The Hall–Kier alpha value is -1.17. The van der Waals surface area contributed by atoms with Gasteiger partial charge in [-0.1, -0.05) is 12.1 Å². The highest BCUT2D eigenvalue weighted by molar-refractivity contribution is 5.23. The van der Waals surface area contributed by atoms with E-state index < -0.39 is 11.9 Å². The average Bonchev–Trinajstić information content (AvgIpc) is 2.36. The smallest absolute Gasteiger partial charge is 0.165 e. The number of hydrogen-bond acceptors (Lipinski definition) is 4. The lowest BCUT2D eigenvalue weighted by molar-refractivity contribution is -0.0787. The van der Waals surface area contributed by atoms with Gasteiger partial charge in [-0.2, -0.15) is 0 Å². The summed E-state index contributed by atoms with van der Waals surface area (Å²) in [7, 11) is 0. The summed E-state index contributed by atoms with van der Waals surface area (Å²) in [4.78, 5) is 2.15. The Morgan fingerprint density at radius 3 is 2.65 bits per heavy atom. The van der Waals surface area contributed by atoms with Crippen molar-refractivity contribution in [2.24, 2.45) is 0 Å². The molecule has 1 heterocycles. The van der Waals surface area contributed by atoms with Crippen molar-refractivity contribution in [1.82, 2.24) is 4.90 Å². The van der Waals surface area contributed by atoms with Gasteiger partial charge in [-0.25, -0.2) is 4.39 Å². The van der Waals surface area contributed by atoms with Gasteiger partial charge in [-0.05, 0) is 26.0 Å². The van der Waals surface area contributed by atoms with E-state index in [-0.39, 0.29) is 24.6 Å². The molecule has 1 aliphatic rings. The SMILES string of the molecule is C[C@@H]1CN(C[C@@H](O)COc2ccccc2F)C[C@@H](C)O1. The predicted octanol–water partition coefficient (Wildman–Crippen LogP) is 1.67. The number of β-amino-alcohol motifs (C(OH)–C–C–N with tert-alkyl or cyclic N) is 1. The first-order valence-electron chi connectivity index (χ1n) is 6.98. The van der Waals surface area contributed by atoms with E-state index in [4.69, 9.17) is 9.47 Å². The number of aliphatic hydroxyl groups is 1. The number of morpholine rings is 1. The molecule has 1 N–H and O–H groups in total. The molecular formula is C15H22FNO3. The van der Waals surface area contributed by atoms with Gasteiger partial charge >= 0.3 is 0 Å². The minimum absolute atomic E-state index is 0.0844. The molecule has 1 aromatic rings. The summed E-state index contributed by atoms with van der Waals surface area (Å²) in [5, 5.41) is 10.00. The van der Waals surface area contributed by atoms with Crippen molar-refractivity contribution in [2.45, 2.75) is 32.2 Å². The van der Waals surface area contributed by atoms with Gasteiger partial charge in [0.25, 0.3) is 0 Å². The van der Waals surface area contributed by atoms with Gasteiger partial charge in [0, 0.05) is 19.6 Å². The van der Waals surface area contributed by atoms with Crippen LogP contribution in [-0.2, 0) is 4.74 Å². The zero-order chi connectivity index (χ0) is 14.5. The molecule has 0 spiro atoms. The highest BCUT2D eigenvalue weighted by Crippen LogP contribution is 2.16. The van der Waals surface area contributed by atoms with Crippen LogP contribution < -0.4 is 4.74 Å². The lowest BCUT2D eigenvalue weighted by Crippen LogP contribution is -2.48. The Bertz CT molecular complexity index is 419. The van der Waals surface area contributed by atoms with Crippen molar-refractivity contribution in [3.8, 4) is 5.75 Å². The summed E-state index contributed by atoms with van der Waals surface area (Å²) in [5.74, 6) is -0.233. The van der Waals surface area contributed by atoms with E-state index in [1.165, 1.54) is 6.07 Å². The lowest BCUT2D eigenvalue weighted by Gasteiger charge is -2.36. The number of halogens is 1. The molecule has 1 fully saturated rings. The quantitative estimate of drug-likeness (QED) is 0.892. The summed E-state index contributed by atoms with van der Waals surface area (Å²) in [5.41, 5.74) is 0. The number of aliphatic hydroxyl groups excluding tert-OH is 1. The van der Waals surface area contributed by atoms with Crippen LogP contribution in [0, 0.1) is 5.82 Å². The standard InChI is InChI=1S/C15H22FNO3/c1-11-7-17(8-12(2)20-11)9-13(18)10-19-15-6-4-3-5-14(15)16/h3-6,11-13,18H,7-10H2,1-2H3/t11-,12-,13-/m1/s1. The van der Waals surface area contributed by atoms with Gasteiger partial charge in [0.2, 0.25) is 0 Å². The topological polar surface area (TPSA) is 41.9 Å². The van der Waals surface area contributed by atoms with Crippen molar-refractivity contribution in [3.05, 3.63) is 30.1 Å². The maximum atomic E-state index is 13.4. The van der Waals surface area contributed by atoms with E-state index in [1.54, 1.807) is 18.2 Å². The summed E-state index contributed by atoms with van der Waals surface area (Å²) in [6, 6.07) is 6.21. The van der Waals surface area contributed by atoms with Gasteiger partial charge in [-0.15, -0.1) is 0 Å². The highest BCUT2D eigenvalue weighted by atomic mass is 19.1. The first kappa shape index (κ1) is 15.2. The Morgan fingerprint density at radius 1 is 1.35 bits per heavy atom. The van der Waals surface area contributed by atoms with Gasteiger partial charge in [-0.3, -0.25) is 4.90 Å². The molecular weight excluding hydrogens is 261 g/mol. The van der Waals surface area contributed by atoms with Crippen molar-refractivity contribution >= 4 is 0 Å². The van der Waals surface area contributed by atoms with Crippen molar-refractivity contribution in [2.75, 3.05) is 26.2 Å². The summed E-state index contributed by atoms with van der Waals surface area (Å²) < 4.78 is 24.3. The zero-order valence-electron chi connectivity index (χ0n) is 12.0. The second kappa shape index (κ2) is 7.02. The van der Waals surface area contributed by atoms with Gasteiger partial charge < -0.3 is 14.6 Å². The Kier molecular flexibility index (Phi) is 5.34. The fourth-order valence-corrected chi connectivity index (χ4v) is 2.53. The van der Waals surface area contributed by atoms with E-state index in [2.05, 4.69) is 4.90 Å². The highest BCUT2D eigenvalue weighted by Gasteiger charge is 2.24. The second-order valence-corrected chi connectivity index (χ2v) is 5.37. The molecule has 0 unspecified atom stereocenters. The molecule has 5 heteroatoms. The monoisotopic (exact) mass is 283 g/mol. The minimum atomic E-state index is -0.646. The van der Waals surface area contributed by atoms with Crippen molar-refractivity contribution in [1.29, 1.82) is 0 Å². The van der Waals surface area contributed by atoms with Crippen LogP contribution in [0.25, 0.3) is 0 Å². The second-order valence-electron chi connectivity index (χ2n) is 5.37. The molecule has 3 atom stereocenters. The van der Waals surface area contributed by atoms with E-state index in [0.29, 0.717) is 6.54 Å². The van der Waals surface area contributed by atoms with Gasteiger partial charge in [0.15, 0.2) is 11.6 Å². The number of hydrogen-bond donors (Lipinski definition) is 1. The molecule has 2 rings (SSSR count). The zero-order valence-corrected chi connectivity index (χ0v) is 12.0. The van der Waals surface area contributed by atoms with Gasteiger partial charge in [0.1, 0.15) is 12.7 Å². The molecule has 20 heavy (non-hydrogen) atoms. The van der Waals surface area contributed by atoms with Crippen LogP contribution in [0.4, 0.5) is 4.39 Å². The Labute approximate surface area is 119 Å². The molecule has 0 aromatic heterocycles. The third kappa shape index (κ3) is 4.44. The normalized spacial score (nSPS) is 25.4. The largest absolute Gasteiger partial charge is 0.488 e. The summed E-state index contributed by atoms with van der Waals surface area (Å²) >= 11 is 0. The maximum absolute atomic E-state index is 13.4. The minimum Gasteiger partial charge on any atom is -0.488 e. The molecule has 0 amide bonds. The molecule has 0 saturated carbocycles. The van der Waals surface area contributed by atoms with E-state index in [1.807, 2.05) is 13.8 Å². The van der Waals surface area contributed by atoms with Crippen LogP contribution in [0.5, 0.6) is 5.75 Å². The Morgan fingerprint density at radius 2 is 2.00 bits per heavy atom. The summed E-state index contributed by atoms with van der Waals surface area (Å²) in [6.45, 7) is 6.21. The molecule has 0 radical (unpaired) electrons. The molecule has 0 aliphatic carbocycles. The van der Waals surface area contributed by atoms with Crippen LogP contribution in [0.2, 0.25) is 0 Å². The van der Waals surface area contributed by atoms with Crippen molar-refractivity contribution < 1.29 is 19.0 Å². The maximum Gasteiger partial charge on any atom is 0.165 e. The molecule has 4 nitrogen and oxygen atoms in total.